The Bertz CT molecular complexity index is 143. The van der Waals surface area contributed by atoms with Gasteiger partial charge in [-0.3, -0.25) is 0 Å². The van der Waals surface area contributed by atoms with Crippen molar-refractivity contribution in [3.63, 3.8) is 0 Å². The SMILES string of the molecule is CC(C)COCCNC1CCCNCC1. The molecule has 1 unspecified atom stereocenters. The molecule has 0 spiro atoms. The lowest BCUT2D eigenvalue weighted by Crippen LogP contribution is -2.32. The summed E-state index contributed by atoms with van der Waals surface area (Å²) < 4.78 is 5.54. The second kappa shape index (κ2) is 8.08. The average Bonchev–Trinajstić information content (AvgIpc) is 2.45. The van der Waals surface area contributed by atoms with Gasteiger partial charge in [0.25, 0.3) is 0 Å². The fourth-order valence-electron chi connectivity index (χ4n) is 1.88. The summed E-state index contributed by atoms with van der Waals surface area (Å²) in [6.45, 7) is 9.44. The molecule has 15 heavy (non-hydrogen) atoms. The van der Waals surface area contributed by atoms with E-state index in [1.165, 1.54) is 25.8 Å². The quantitative estimate of drug-likeness (QED) is 0.656. The zero-order valence-electron chi connectivity index (χ0n) is 10.2. The minimum atomic E-state index is 0.645. The highest BCUT2D eigenvalue weighted by Crippen LogP contribution is 2.04. The third-order valence-corrected chi connectivity index (χ3v) is 2.71. The molecule has 0 saturated carbocycles. The first-order valence-corrected chi connectivity index (χ1v) is 6.31. The molecule has 1 aliphatic heterocycles. The normalized spacial score (nSPS) is 23.0. The van der Waals surface area contributed by atoms with Crippen LogP contribution in [0.2, 0.25) is 0 Å². The molecular weight excluding hydrogens is 188 g/mol. The number of ether oxygens (including phenoxy) is 1. The highest BCUT2D eigenvalue weighted by Gasteiger charge is 2.10. The van der Waals surface area contributed by atoms with E-state index in [0.29, 0.717) is 12.0 Å². The third kappa shape index (κ3) is 6.88. The van der Waals surface area contributed by atoms with Crippen molar-refractivity contribution >= 4 is 0 Å². The molecular formula is C12H26N2O. The van der Waals surface area contributed by atoms with Gasteiger partial charge in [0.15, 0.2) is 0 Å². The molecule has 1 rings (SSSR count). The Kier molecular flexibility index (Phi) is 6.98. The zero-order valence-corrected chi connectivity index (χ0v) is 10.2. The lowest BCUT2D eigenvalue weighted by molar-refractivity contribution is 0.109. The van der Waals surface area contributed by atoms with Crippen LogP contribution in [0.15, 0.2) is 0 Å². The van der Waals surface area contributed by atoms with Gasteiger partial charge in [0, 0.05) is 19.2 Å². The fraction of sp³-hybridized carbons (Fsp3) is 1.00. The van der Waals surface area contributed by atoms with Crippen LogP contribution in [-0.4, -0.2) is 38.9 Å². The van der Waals surface area contributed by atoms with Crippen molar-refractivity contribution in [3.05, 3.63) is 0 Å². The molecule has 0 aromatic heterocycles. The summed E-state index contributed by atoms with van der Waals surface area (Å²) in [6.07, 6.45) is 3.85. The lowest BCUT2D eigenvalue weighted by Gasteiger charge is -2.16. The molecule has 0 radical (unpaired) electrons. The molecule has 1 atom stereocenters. The van der Waals surface area contributed by atoms with Crippen LogP contribution < -0.4 is 10.6 Å². The van der Waals surface area contributed by atoms with Gasteiger partial charge in [0.1, 0.15) is 0 Å². The van der Waals surface area contributed by atoms with Crippen LogP contribution in [-0.2, 0) is 4.74 Å². The molecule has 1 saturated heterocycles. The van der Waals surface area contributed by atoms with E-state index in [1.807, 2.05) is 0 Å². The average molecular weight is 214 g/mol. The van der Waals surface area contributed by atoms with Crippen molar-refractivity contribution < 1.29 is 4.74 Å². The Hall–Kier alpha value is -0.120. The first-order valence-electron chi connectivity index (χ1n) is 6.31. The second-order valence-corrected chi connectivity index (χ2v) is 4.80. The topological polar surface area (TPSA) is 33.3 Å². The maximum atomic E-state index is 5.54. The van der Waals surface area contributed by atoms with Crippen molar-refractivity contribution in [2.45, 2.75) is 39.2 Å². The predicted molar refractivity (Wildman–Crippen MR) is 64.2 cm³/mol. The van der Waals surface area contributed by atoms with Crippen molar-refractivity contribution in [1.82, 2.24) is 10.6 Å². The first kappa shape index (κ1) is 12.9. The lowest BCUT2D eigenvalue weighted by atomic mass is 10.1. The van der Waals surface area contributed by atoms with E-state index in [-0.39, 0.29) is 0 Å². The van der Waals surface area contributed by atoms with E-state index in [0.717, 1.165) is 26.3 Å². The van der Waals surface area contributed by atoms with Gasteiger partial charge in [-0.05, 0) is 38.3 Å². The second-order valence-electron chi connectivity index (χ2n) is 4.80. The van der Waals surface area contributed by atoms with Gasteiger partial charge in [-0.25, -0.2) is 0 Å². The summed E-state index contributed by atoms with van der Waals surface area (Å²) >= 11 is 0. The molecule has 1 fully saturated rings. The minimum Gasteiger partial charge on any atom is -0.380 e. The number of hydrogen-bond donors (Lipinski definition) is 2. The summed E-state index contributed by atoms with van der Waals surface area (Å²) in [4.78, 5) is 0. The van der Waals surface area contributed by atoms with Gasteiger partial charge >= 0.3 is 0 Å². The fourth-order valence-corrected chi connectivity index (χ4v) is 1.88. The summed E-state index contributed by atoms with van der Waals surface area (Å²) in [7, 11) is 0. The van der Waals surface area contributed by atoms with Crippen LogP contribution in [0.1, 0.15) is 33.1 Å². The minimum absolute atomic E-state index is 0.645. The molecule has 0 aromatic rings. The Labute approximate surface area is 94.0 Å². The third-order valence-electron chi connectivity index (χ3n) is 2.71. The highest BCUT2D eigenvalue weighted by atomic mass is 16.5. The van der Waals surface area contributed by atoms with Gasteiger partial charge in [-0.2, -0.15) is 0 Å². The Morgan fingerprint density at radius 3 is 3.00 bits per heavy atom. The first-order chi connectivity index (χ1) is 7.29. The van der Waals surface area contributed by atoms with Crippen LogP contribution in [0.25, 0.3) is 0 Å². The Morgan fingerprint density at radius 2 is 2.20 bits per heavy atom. The molecule has 1 heterocycles. The van der Waals surface area contributed by atoms with Crippen molar-refractivity contribution in [3.8, 4) is 0 Å². The number of nitrogens with one attached hydrogen (secondary N) is 2. The van der Waals surface area contributed by atoms with Gasteiger partial charge in [0.05, 0.1) is 6.61 Å². The Balaban J connectivity index is 1.94. The zero-order chi connectivity index (χ0) is 10.9. The molecule has 0 amide bonds. The predicted octanol–water partition coefficient (Wildman–Crippen LogP) is 1.39. The molecule has 1 aliphatic rings. The van der Waals surface area contributed by atoms with Crippen LogP contribution in [0, 0.1) is 5.92 Å². The summed E-state index contributed by atoms with van der Waals surface area (Å²) in [5.41, 5.74) is 0. The van der Waals surface area contributed by atoms with E-state index < -0.39 is 0 Å². The van der Waals surface area contributed by atoms with E-state index in [4.69, 9.17) is 4.74 Å². The molecule has 0 bridgehead atoms. The highest BCUT2D eigenvalue weighted by molar-refractivity contribution is 4.72. The maximum Gasteiger partial charge on any atom is 0.0591 e. The van der Waals surface area contributed by atoms with E-state index in [9.17, 15) is 0 Å². The van der Waals surface area contributed by atoms with Gasteiger partial charge < -0.3 is 15.4 Å². The van der Waals surface area contributed by atoms with Crippen molar-refractivity contribution in [2.75, 3.05) is 32.8 Å². The standard InChI is InChI=1S/C12H26N2O/c1-11(2)10-15-9-8-14-12-4-3-6-13-7-5-12/h11-14H,3-10H2,1-2H3. The molecule has 0 aliphatic carbocycles. The molecule has 3 heteroatoms. The molecule has 2 N–H and O–H groups in total. The van der Waals surface area contributed by atoms with Crippen LogP contribution in [0.5, 0.6) is 0 Å². The van der Waals surface area contributed by atoms with Gasteiger partial charge in [0.2, 0.25) is 0 Å². The monoisotopic (exact) mass is 214 g/mol. The van der Waals surface area contributed by atoms with Crippen LogP contribution in [0.3, 0.4) is 0 Å². The van der Waals surface area contributed by atoms with Crippen molar-refractivity contribution in [1.29, 1.82) is 0 Å². The summed E-state index contributed by atoms with van der Waals surface area (Å²) in [6, 6.07) is 0.697. The molecule has 0 aromatic carbocycles. The van der Waals surface area contributed by atoms with E-state index in [2.05, 4.69) is 24.5 Å². The van der Waals surface area contributed by atoms with E-state index in [1.54, 1.807) is 0 Å². The summed E-state index contributed by atoms with van der Waals surface area (Å²) in [5, 5.41) is 6.99. The summed E-state index contributed by atoms with van der Waals surface area (Å²) in [5.74, 6) is 0.645. The number of hydrogen-bond acceptors (Lipinski definition) is 3. The van der Waals surface area contributed by atoms with Crippen LogP contribution in [0.4, 0.5) is 0 Å². The van der Waals surface area contributed by atoms with E-state index >= 15 is 0 Å². The molecule has 90 valence electrons. The maximum absolute atomic E-state index is 5.54. The molecule has 3 nitrogen and oxygen atoms in total. The van der Waals surface area contributed by atoms with Crippen molar-refractivity contribution in [2.24, 2.45) is 5.92 Å². The Morgan fingerprint density at radius 1 is 1.33 bits per heavy atom. The van der Waals surface area contributed by atoms with Gasteiger partial charge in [-0.15, -0.1) is 0 Å². The largest absolute Gasteiger partial charge is 0.380 e. The van der Waals surface area contributed by atoms with Gasteiger partial charge in [-0.1, -0.05) is 13.8 Å². The smallest absolute Gasteiger partial charge is 0.0591 e. The number of rotatable bonds is 6. The van der Waals surface area contributed by atoms with Crippen LogP contribution >= 0.6 is 0 Å².